The van der Waals surface area contributed by atoms with Gasteiger partial charge in [0.05, 0.1) is 26.3 Å². The molecule has 2 unspecified atom stereocenters. The van der Waals surface area contributed by atoms with Crippen molar-refractivity contribution < 1.29 is 23.5 Å². The van der Waals surface area contributed by atoms with Gasteiger partial charge in [-0.2, -0.15) is 0 Å². The van der Waals surface area contributed by atoms with Crippen molar-refractivity contribution in [1.29, 1.82) is 0 Å². The summed E-state index contributed by atoms with van der Waals surface area (Å²) in [5, 5.41) is 0. The molecule has 1 saturated heterocycles. The number of rotatable bonds is 6. The highest BCUT2D eigenvalue weighted by Crippen LogP contribution is 2.38. The van der Waals surface area contributed by atoms with Crippen molar-refractivity contribution in [3.05, 3.63) is 65.1 Å². The van der Waals surface area contributed by atoms with E-state index < -0.39 is 0 Å². The van der Waals surface area contributed by atoms with Crippen LogP contribution in [0.3, 0.4) is 0 Å². The van der Waals surface area contributed by atoms with Gasteiger partial charge in [-0.25, -0.2) is 4.39 Å². The van der Waals surface area contributed by atoms with Gasteiger partial charge in [-0.1, -0.05) is 32.0 Å². The predicted octanol–water partition coefficient (Wildman–Crippen LogP) is 4.10. The summed E-state index contributed by atoms with van der Waals surface area (Å²) < 4.78 is 24.1. The Morgan fingerprint density at radius 2 is 1.55 bits per heavy atom. The maximum atomic E-state index is 13.6. The summed E-state index contributed by atoms with van der Waals surface area (Å²) >= 11 is 0. The Morgan fingerprint density at radius 3 is 2.15 bits per heavy atom. The number of imide groups is 1. The highest BCUT2D eigenvalue weighted by atomic mass is 19.1. The van der Waals surface area contributed by atoms with E-state index in [1.165, 1.54) is 24.1 Å². The van der Waals surface area contributed by atoms with Crippen LogP contribution < -0.4 is 9.47 Å². The molecule has 2 heterocycles. The van der Waals surface area contributed by atoms with E-state index in [0.29, 0.717) is 58.8 Å². The van der Waals surface area contributed by atoms with Crippen molar-refractivity contribution in [2.45, 2.75) is 26.8 Å². The molecule has 2 aliphatic heterocycles. The van der Waals surface area contributed by atoms with Gasteiger partial charge in [0.15, 0.2) is 11.5 Å². The van der Waals surface area contributed by atoms with Gasteiger partial charge in [-0.15, -0.1) is 0 Å². The SMILES string of the molecule is COc1ccc(C2=C(N3CC(C)CC(C)C3)C(=O)N(Cc3ccc(F)cc3)C2=O)cc1OC. The van der Waals surface area contributed by atoms with Crippen LogP contribution in [-0.2, 0) is 16.1 Å². The van der Waals surface area contributed by atoms with Gasteiger partial charge in [-0.3, -0.25) is 14.5 Å². The fraction of sp³-hybridized carbons (Fsp3) is 0.385. The Hall–Kier alpha value is -3.35. The van der Waals surface area contributed by atoms with Crippen molar-refractivity contribution in [3.8, 4) is 11.5 Å². The molecule has 2 atom stereocenters. The number of ether oxygens (including phenoxy) is 2. The molecule has 0 aliphatic carbocycles. The third-order valence-corrected chi connectivity index (χ3v) is 6.25. The molecule has 2 aliphatic rings. The molecule has 33 heavy (non-hydrogen) atoms. The second-order valence-electron chi connectivity index (χ2n) is 8.97. The standard InChI is InChI=1S/C26H29FN2O4/c1-16-11-17(2)14-28(13-16)24-23(19-7-10-21(32-3)22(12-19)33-4)25(30)29(26(24)31)15-18-5-8-20(27)9-6-18/h5-10,12,16-17H,11,13-15H2,1-4H3. The number of likely N-dealkylation sites (tertiary alicyclic amines) is 1. The molecule has 0 radical (unpaired) electrons. The second kappa shape index (κ2) is 9.25. The zero-order valence-corrected chi connectivity index (χ0v) is 19.4. The number of hydrogen-bond donors (Lipinski definition) is 0. The van der Waals surface area contributed by atoms with Crippen LogP contribution in [0.4, 0.5) is 4.39 Å². The number of halogens is 1. The Labute approximate surface area is 193 Å². The van der Waals surface area contributed by atoms with E-state index in [0.717, 1.165) is 6.42 Å². The van der Waals surface area contributed by atoms with Gasteiger partial charge in [0.25, 0.3) is 11.8 Å². The number of methoxy groups -OCH3 is 2. The number of carbonyl (C=O) groups is 2. The fourth-order valence-electron chi connectivity index (χ4n) is 4.87. The quantitative estimate of drug-likeness (QED) is 0.618. The molecule has 0 N–H and O–H groups in total. The fourth-order valence-corrected chi connectivity index (χ4v) is 4.87. The Kier molecular flexibility index (Phi) is 6.40. The van der Waals surface area contributed by atoms with E-state index in [9.17, 15) is 14.0 Å². The number of benzene rings is 2. The summed E-state index contributed by atoms with van der Waals surface area (Å²) in [6, 6.07) is 11.1. The van der Waals surface area contributed by atoms with E-state index >= 15 is 0 Å². The number of carbonyl (C=O) groups excluding carboxylic acids is 2. The van der Waals surface area contributed by atoms with E-state index in [4.69, 9.17) is 9.47 Å². The third kappa shape index (κ3) is 4.45. The summed E-state index contributed by atoms with van der Waals surface area (Å²) in [5.74, 6) is 0.790. The molecule has 2 aromatic rings. The first-order valence-electron chi connectivity index (χ1n) is 11.1. The van der Waals surface area contributed by atoms with Crippen LogP contribution in [0.1, 0.15) is 31.4 Å². The molecular formula is C26H29FN2O4. The summed E-state index contributed by atoms with van der Waals surface area (Å²) in [5.41, 5.74) is 2.08. The summed E-state index contributed by atoms with van der Waals surface area (Å²) in [6.45, 7) is 5.82. The Morgan fingerprint density at radius 1 is 0.909 bits per heavy atom. The van der Waals surface area contributed by atoms with Crippen molar-refractivity contribution in [3.63, 3.8) is 0 Å². The zero-order valence-electron chi connectivity index (χ0n) is 19.4. The summed E-state index contributed by atoms with van der Waals surface area (Å²) in [4.78, 5) is 30.6. The van der Waals surface area contributed by atoms with Crippen molar-refractivity contribution >= 4 is 17.4 Å². The normalized spacial score (nSPS) is 21.1. The molecular weight excluding hydrogens is 423 g/mol. The molecule has 2 amide bonds. The largest absolute Gasteiger partial charge is 0.493 e. The zero-order chi connectivity index (χ0) is 23.7. The average molecular weight is 453 g/mol. The maximum absolute atomic E-state index is 13.6. The van der Waals surface area contributed by atoms with E-state index in [2.05, 4.69) is 18.7 Å². The van der Waals surface area contributed by atoms with Gasteiger partial charge < -0.3 is 14.4 Å². The number of amides is 2. The molecule has 7 heteroatoms. The lowest BCUT2D eigenvalue weighted by atomic mass is 9.91. The minimum Gasteiger partial charge on any atom is -0.493 e. The molecule has 1 fully saturated rings. The predicted molar refractivity (Wildman–Crippen MR) is 123 cm³/mol. The highest BCUT2D eigenvalue weighted by Gasteiger charge is 2.43. The van der Waals surface area contributed by atoms with Gasteiger partial charge in [0.2, 0.25) is 0 Å². The Balaban J connectivity index is 1.78. The third-order valence-electron chi connectivity index (χ3n) is 6.25. The molecule has 174 valence electrons. The van der Waals surface area contributed by atoms with Crippen molar-refractivity contribution in [2.24, 2.45) is 11.8 Å². The number of nitrogens with zero attached hydrogens (tertiary/aromatic N) is 2. The average Bonchev–Trinajstić information content (AvgIpc) is 3.04. The minimum atomic E-state index is -0.363. The molecule has 0 spiro atoms. The lowest BCUT2D eigenvalue weighted by Gasteiger charge is -2.37. The molecule has 4 rings (SSSR count). The van der Waals surface area contributed by atoms with Gasteiger partial charge >= 0.3 is 0 Å². The number of piperidine rings is 1. The monoisotopic (exact) mass is 452 g/mol. The molecule has 0 saturated carbocycles. The van der Waals surface area contributed by atoms with Crippen LogP contribution in [-0.4, -0.2) is 48.9 Å². The van der Waals surface area contributed by atoms with Gasteiger partial charge in [-0.05, 0) is 53.6 Å². The topological polar surface area (TPSA) is 59.1 Å². The van der Waals surface area contributed by atoms with E-state index in [-0.39, 0.29) is 24.2 Å². The molecule has 0 aromatic heterocycles. The van der Waals surface area contributed by atoms with Crippen molar-refractivity contribution in [2.75, 3.05) is 27.3 Å². The second-order valence-corrected chi connectivity index (χ2v) is 8.97. The first kappa shape index (κ1) is 22.8. The van der Waals surface area contributed by atoms with Crippen LogP contribution in [0, 0.1) is 17.7 Å². The lowest BCUT2D eigenvalue weighted by molar-refractivity contribution is -0.138. The minimum absolute atomic E-state index is 0.0805. The molecule has 0 bridgehead atoms. The number of hydrogen-bond acceptors (Lipinski definition) is 5. The summed E-state index contributed by atoms with van der Waals surface area (Å²) in [7, 11) is 3.08. The van der Waals surface area contributed by atoms with Crippen LogP contribution in [0.2, 0.25) is 0 Å². The van der Waals surface area contributed by atoms with Crippen molar-refractivity contribution in [1.82, 2.24) is 9.80 Å². The summed E-state index contributed by atoms with van der Waals surface area (Å²) in [6.07, 6.45) is 1.08. The Bertz CT molecular complexity index is 1090. The van der Waals surface area contributed by atoms with Crippen LogP contribution in [0.15, 0.2) is 48.2 Å². The van der Waals surface area contributed by atoms with Gasteiger partial charge in [0, 0.05) is 13.1 Å². The first-order valence-corrected chi connectivity index (χ1v) is 11.1. The smallest absolute Gasteiger partial charge is 0.278 e. The maximum Gasteiger partial charge on any atom is 0.278 e. The highest BCUT2D eigenvalue weighted by molar-refractivity contribution is 6.35. The molecule has 2 aromatic carbocycles. The van der Waals surface area contributed by atoms with Crippen LogP contribution in [0.5, 0.6) is 11.5 Å². The molecule has 6 nitrogen and oxygen atoms in total. The van der Waals surface area contributed by atoms with E-state index in [1.807, 2.05) is 0 Å². The van der Waals surface area contributed by atoms with Crippen LogP contribution in [0.25, 0.3) is 5.57 Å². The first-order chi connectivity index (χ1) is 15.8. The van der Waals surface area contributed by atoms with E-state index in [1.54, 1.807) is 37.4 Å². The lowest BCUT2D eigenvalue weighted by Crippen LogP contribution is -2.41. The van der Waals surface area contributed by atoms with Crippen LogP contribution >= 0.6 is 0 Å². The van der Waals surface area contributed by atoms with Gasteiger partial charge in [0.1, 0.15) is 11.5 Å².